The Kier molecular flexibility index (Phi) is 3.86. The molecule has 0 unspecified atom stereocenters. The number of phenols is 1. The highest BCUT2D eigenvalue weighted by Gasteiger charge is 2.74. The lowest BCUT2D eigenvalue weighted by Crippen LogP contribution is -2.77. The quantitative estimate of drug-likeness (QED) is 0.695. The third-order valence-corrected chi connectivity index (χ3v) is 8.59. The smallest absolute Gasteiger partial charge is 0.176 e. The first-order valence-electron chi connectivity index (χ1n) is 11.8. The van der Waals surface area contributed by atoms with E-state index in [0.717, 1.165) is 37.4 Å². The first kappa shape index (κ1) is 19.0. The topological polar surface area (TPSA) is 113 Å². The summed E-state index contributed by atoms with van der Waals surface area (Å²) >= 11 is 0. The van der Waals surface area contributed by atoms with E-state index in [2.05, 4.69) is 25.5 Å². The van der Waals surface area contributed by atoms with Crippen LogP contribution in [0, 0.1) is 5.92 Å². The fraction of sp³-hybridized carbons (Fsp3) is 0.652. The van der Waals surface area contributed by atoms with Gasteiger partial charge in [-0.25, -0.2) is 0 Å². The van der Waals surface area contributed by atoms with E-state index in [4.69, 9.17) is 9.47 Å². The van der Waals surface area contributed by atoms with E-state index >= 15 is 0 Å². The van der Waals surface area contributed by atoms with Gasteiger partial charge in [-0.1, -0.05) is 11.3 Å². The molecule has 1 saturated heterocycles. The number of benzene rings is 1. The Bertz CT molecular complexity index is 1090. The van der Waals surface area contributed by atoms with Crippen LogP contribution in [0.1, 0.15) is 49.1 Å². The van der Waals surface area contributed by atoms with E-state index < -0.39 is 17.1 Å². The van der Waals surface area contributed by atoms with Crippen LogP contribution in [-0.2, 0) is 27.8 Å². The number of rotatable bonds is 6. The summed E-state index contributed by atoms with van der Waals surface area (Å²) in [6.45, 7) is 2.48. The van der Waals surface area contributed by atoms with Crippen LogP contribution in [0.3, 0.4) is 0 Å². The summed E-state index contributed by atoms with van der Waals surface area (Å²) in [5.41, 5.74) is 1.14. The van der Waals surface area contributed by atoms with Crippen molar-refractivity contribution in [3.8, 4) is 11.5 Å². The van der Waals surface area contributed by atoms with Crippen LogP contribution in [0.15, 0.2) is 12.1 Å². The normalized spacial score (nSPS) is 34.9. The summed E-state index contributed by atoms with van der Waals surface area (Å²) in [6.07, 6.45) is 5.35. The molecule has 2 aromatic rings. The van der Waals surface area contributed by atoms with Crippen molar-refractivity contribution in [1.82, 2.24) is 25.5 Å². The third kappa shape index (κ3) is 2.35. The van der Waals surface area contributed by atoms with E-state index in [1.165, 1.54) is 18.4 Å². The number of piperidine rings is 1. The first-order valence-corrected chi connectivity index (χ1v) is 11.8. The molecule has 5 aliphatic rings. The van der Waals surface area contributed by atoms with Gasteiger partial charge in [-0.15, -0.1) is 10.2 Å². The number of ether oxygens (including phenoxy) is 2. The van der Waals surface area contributed by atoms with E-state index in [9.17, 15) is 9.90 Å². The van der Waals surface area contributed by atoms with Crippen LogP contribution >= 0.6 is 0 Å². The molecule has 9 nitrogen and oxygen atoms in total. The first-order chi connectivity index (χ1) is 15.6. The number of phenolic OH excluding ortho intramolecular Hbond substituents is 1. The Hall–Kier alpha value is -2.52. The zero-order valence-corrected chi connectivity index (χ0v) is 17.9. The molecule has 0 radical (unpaired) electrons. The van der Waals surface area contributed by atoms with Gasteiger partial charge in [0.05, 0.1) is 17.6 Å². The fourth-order valence-electron chi connectivity index (χ4n) is 7.14. The van der Waals surface area contributed by atoms with Crippen LogP contribution < -0.4 is 4.74 Å². The minimum absolute atomic E-state index is 0.125. The SMILES string of the molecule is O=C1CC[C@@]2(OCCc3nn[nH]n3)[C@H]3Cc4ccc(O)c5c4[C@@]2(CCN3CC2CC2)[C@H]1O5. The largest absolute Gasteiger partial charge is 0.504 e. The summed E-state index contributed by atoms with van der Waals surface area (Å²) in [6, 6.07) is 3.93. The molecule has 32 heavy (non-hydrogen) atoms. The number of hydrogen-bond donors (Lipinski definition) is 2. The minimum atomic E-state index is -0.589. The van der Waals surface area contributed by atoms with Gasteiger partial charge >= 0.3 is 0 Å². The molecule has 168 valence electrons. The molecule has 9 heteroatoms. The fourth-order valence-corrected chi connectivity index (χ4v) is 7.14. The van der Waals surface area contributed by atoms with Crippen LogP contribution in [0.25, 0.3) is 0 Å². The molecule has 1 aromatic carbocycles. The average Bonchev–Trinajstić information content (AvgIpc) is 3.30. The van der Waals surface area contributed by atoms with E-state index in [1.807, 2.05) is 6.07 Å². The van der Waals surface area contributed by atoms with Gasteiger partial charge in [-0.05, 0) is 56.2 Å². The Morgan fingerprint density at radius 3 is 3.03 bits per heavy atom. The second-order valence-electron chi connectivity index (χ2n) is 10.1. The van der Waals surface area contributed by atoms with Crippen molar-refractivity contribution in [3.63, 3.8) is 0 Å². The molecule has 2 N–H and O–H groups in total. The summed E-state index contributed by atoms with van der Waals surface area (Å²) in [5.74, 6) is 2.15. The second kappa shape index (κ2) is 6.51. The number of Topliss-reactive ketones (excluding diaryl/α,β-unsaturated/α-hetero) is 1. The van der Waals surface area contributed by atoms with Crippen molar-refractivity contribution in [2.75, 3.05) is 19.7 Å². The molecule has 7 rings (SSSR count). The highest BCUT2D eigenvalue weighted by atomic mass is 16.5. The minimum Gasteiger partial charge on any atom is -0.504 e. The maximum absolute atomic E-state index is 13.2. The number of ketones is 1. The van der Waals surface area contributed by atoms with Crippen molar-refractivity contribution in [3.05, 3.63) is 29.1 Å². The number of aromatic hydroxyl groups is 1. The molecule has 4 atom stereocenters. The van der Waals surface area contributed by atoms with E-state index in [-0.39, 0.29) is 17.6 Å². The number of aromatic amines is 1. The molecule has 3 heterocycles. The lowest BCUT2D eigenvalue weighted by atomic mass is 9.48. The number of aromatic nitrogens is 4. The predicted molar refractivity (Wildman–Crippen MR) is 111 cm³/mol. The number of tetrazole rings is 1. The average molecular weight is 438 g/mol. The summed E-state index contributed by atoms with van der Waals surface area (Å²) in [5, 5.41) is 24.9. The molecule has 2 bridgehead atoms. The summed E-state index contributed by atoms with van der Waals surface area (Å²) in [4.78, 5) is 15.8. The van der Waals surface area contributed by atoms with Gasteiger partial charge in [0, 0.05) is 31.0 Å². The zero-order valence-electron chi connectivity index (χ0n) is 17.9. The van der Waals surface area contributed by atoms with Crippen molar-refractivity contribution >= 4 is 5.78 Å². The number of likely N-dealkylation sites (tertiary alicyclic amines) is 1. The Morgan fingerprint density at radius 2 is 2.22 bits per heavy atom. The summed E-state index contributed by atoms with van der Waals surface area (Å²) < 4.78 is 13.2. The molecule has 1 aromatic heterocycles. The van der Waals surface area contributed by atoms with Crippen molar-refractivity contribution < 1.29 is 19.4 Å². The number of nitrogens with zero attached hydrogens (tertiary/aromatic N) is 4. The number of H-pyrrole nitrogens is 1. The number of carbonyl (C=O) groups is 1. The zero-order chi connectivity index (χ0) is 21.5. The van der Waals surface area contributed by atoms with Gasteiger partial charge < -0.3 is 14.6 Å². The van der Waals surface area contributed by atoms with Crippen molar-refractivity contribution in [2.45, 2.75) is 68.1 Å². The Labute approximate surface area is 185 Å². The molecule has 3 aliphatic carbocycles. The van der Waals surface area contributed by atoms with Gasteiger partial charge in [0.1, 0.15) is 0 Å². The van der Waals surface area contributed by atoms with Crippen LogP contribution in [-0.4, -0.2) is 73.9 Å². The number of nitrogens with one attached hydrogen (secondary N) is 1. The lowest BCUT2D eigenvalue weighted by Gasteiger charge is -2.64. The maximum atomic E-state index is 13.2. The van der Waals surface area contributed by atoms with E-state index in [0.29, 0.717) is 37.4 Å². The van der Waals surface area contributed by atoms with Gasteiger partial charge in [0.2, 0.25) is 0 Å². The highest BCUT2D eigenvalue weighted by Crippen LogP contribution is 2.66. The molecular formula is C23H27N5O4. The number of carbonyl (C=O) groups excluding carboxylic acids is 1. The van der Waals surface area contributed by atoms with E-state index in [1.54, 1.807) is 6.07 Å². The Balaban J connectivity index is 1.36. The maximum Gasteiger partial charge on any atom is 0.176 e. The van der Waals surface area contributed by atoms with Gasteiger partial charge in [0.25, 0.3) is 0 Å². The second-order valence-corrected chi connectivity index (χ2v) is 10.1. The highest BCUT2D eigenvalue weighted by molar-refractivity contribution is 5.90. The molecule has 3 fully saturated rings. The van der Waals surface area contributed by atoms with Crippen molar-refractivity contribution in [1.29, 1.82) is 0 Å². The van der Waals surface area contributed by atoms with Crippen LogP contribution in [0.5, 0.6) is 11.5 Å². The lowest BCUT2D eigenvalue weighted by molar-refractivity contribution is -0.213. The molecule has 0 amide bonds. The predicted octanol–water partition coefficient (Wildman–Crippen LogP) is 1.31. The van der Waals surface area contributed by atoms with Gasteiger partial charge in [0.15, 0.2) is 29.2 Å². The molecule has 2 aliphatic heterocycles. The molecule has 1 spiro atoms. The summed E-state index contributed by atoms with van der Waals surface area (Å²) in [7, 11) is 0. The van der Waals surface area contributed by atoms with Crippen molar-refractivity contribution in [2.24, 2.45) is 5.92 Å². The molecule has 2 saturated carbocycles. The van der Waals surface area contributed by atoms with Gasteiger partial charge in [-0.2, -0.15) is 5.21 Å². The molecular weight excluding hydrogens is 410 g/mol. The van der Waals surface area contributed by atoms with Crippen LogP contribution in [0.2, 0.25) is 0 Å². The monoisotopic (exact) mass is 437 g/mol. The van der Waals surface area contributed by atoms with Gasteiger partial charge in [-0.3, -0.25) is 9.69 Å². The number of hydrogen-bond acceptors (Lipinski definition) is 8. The Morgan fingerprint density at radius 1 is 1.31 bits per heavy atom. The standard InChI is InChI=1S/C23H27N5O4/c29-15-4-3-14-11-17-23(31-10-6-18-24-26-27-25-18)7-5-16(30)21-22(23,19(14)20(15)32-21)8-9-28(17)12-13-1-2-13/h3-4,13,17,21,29H,1-2,5-12H2,(H,24,25,26,27)/t17-,21+,22+,23-/m1/s1. The third-order valence-electron chi connectivity index (χ3n) is 8.59. The van der Waals surface area contributed by atoms with Crippen LogP contribution in [0.4, 0.5) is 0 Å².